The van der Waals surface area contributed by atoms with Crippen molar-refractivity contribution in [2.24, 2.45) is 0 Å². The molecule has 0 amide bonds. The zero-order valence-electron chi connectivity index (χ0n) is 11.3. The summed E-state index contributed by atoms with van der Waals surface area (Å²) in [6.45, 7) is 13.2. The van der Waals surface area contributed by atoms with Gasteiger partial charge < -0.3 is 0 Å². The van der Waals surface area contributed by atoms with Crippen LogP contribution >= 0.6 is 0 Å². The fourth-order valence-corrected chi connectivity index (χ4v) is 2.45. The van der Waals surface area contributed by atoms with Crippen molar-refractivity contribution in [1.29, 1.82) is 0 Å². The van der Waals surface area contributed by atoms with Crippen LogP contribution in [0.25, 0.3) is 0 Å². The minimum atomic E-state index is 0.201. The normalized spacial score (nSPS) is 21.2. The maximum atomic E-state index is 4.04. The number of piperidine rings is 1. The van der Waals surface area contributed by atoms with Crippen molar-refractivity contribution < 1.29 is 0 Å². The fourth-order valence-electron chi connectivity index (χ4n) is 2.45. The highest BCUT2D eigenvalue weighted by Gasteiger charge is 2.28. The smallest absolute Gasteiger partial charge is 0.0363 e. The number of nitrogens with zero attached hydrogens (tertiary/aromatic N) is 1. The quantitative estimate of drug-likeness (QED) is 0.630. The summed E-state index contributed by atoms with van der Waals surface area (Å²) < 4.78 is 0. The molecule has 92 valence electrons. The molecule has 1 heterocycles. The number of hydrogen-bond donors (Lipinski definition) is 0. The summed E-state index contributed by atoms with van der Waals surface area (Å²) in [5.74, 6) is 0. The summed E-state index contributed by atoms with van der Waals surface area (Å²) in [7, 11) is 0. The number of allylic oxidation sites excluding steroid dienone is 2. The molecule has 0 N–H and O–H groups in total. The van der Waals surface area contributed by atoms with Gasteiger partial charge in [-0.2, -0.15) is 0 Å². The Morgan fingerprint density at radius 3 is 2.38 bits per heavy atom. The molecule has 0 saturated carbocycles. The minimum Gasteiger partial charge on any atom is -0.294 e. The van der Waals surface area contributed by atoms with Crippen molar-refractivity contribution >= 4 is 0 Å². The van der Waals surface area contributed by atoms with Crippen LogP contribution < -0.4 is 0 Å². The molecule has 0 aliphatic carbocycles. The summed E-state index contributed by atoms with van der Waals surface area (Å²) in [5.41, 5.74) is 1.62. The van der Waals surface area contributed by atoms with Crippen LogP contribution in [0.5, 0.6) is 0 Å². The number of likely N-dealkylation sites (tertiary alicyclic amines) is 1. The van der Waals surface area contributed by atoms with Gasteiger partial charge in [0.2, 0.25) is 0 Å². The van der Waals surface area contributed by atoms with E-state index in [1.165, 1.54) is 50.8 Å². The Hall–Kier alpha value is -0.560. The Kier molecular flexibility index (Phi) is 5.27. The van der Waals surface area contributed by atoms with Gasteiger partial charge in [0.05, 0.1) is 0 Å². The lowest BCUT2D eigenvalue weighted by atomic mass is 9.91. The summed E-state index contributed by atoms with van der Waals surface area (Å²) in [6, 6.07) is 0. The third-order valence-electron chi connectivity index (χ3n) is 3.72. The second-order valence-corrected chi connectivity index (χ2v) is 5.43. The van der Waals surface area contributed by atoms with Crippen molar-refractivity contribution in [3.8, 4) is 0 Å². The van der Waals surface area contributed by atoms with Crippen LogP contribution in [0, 0.1) is 0 Å². The molecule has 1 saturated heterocycles. The molecule has 0 aromatic heterocycles. The molecule has 1 unspecified atom stereocenters. The van der Waals surface area contributed by atoms with Crippen molar-refractivity contribution in [2.75, 3.05) is 13.1 Å². The predicted molar refractivity (Wildman–Crippen MR) is 72.7 cm³/mol. The molecule has 0 aromatic carbocycles. The first-order chi connectivity index (χ1) is 7.58. The van der Waals surface area contributed by atoms with E-state index < -0.39 is 0 Å². The van der Waals surface area contributed by atoms with Crippen molar-refractivity contribution in [1.82, 2.24) is 4.90 Å². The van der Waals surface area contributed by atoms with Gasteiger partial charge in [0.25, 0.3) is 0 Å². The lowest BCUT2D eigenvalue weighted by Crippen LogP contribution is -2.47. The summed E-state index contributed by atoms with van der Waals surface area (Å²) in [4.78, 5) is 2.61. The molecule has 1 fully saturated rings. The van der Waals surface area contributed by atoms with Crippen LogP contribution in [0.4, 0.5) is 0 Å². The first-order valence-corrected chi connectivity index (χ1v) is 6.60. The molecule has 16 heavy (non-hydrogen) atoms. The van der Waals surface area contributed by atoms with E-state index in [0.29, 0.717) is 0 Å². The van der Waals surface area contributed by atoms with E-state index in [-0.39, 0.29) is 5.54 Å². The highest BCUT2D eigenvalue weighted by molar-refractivity contribution is 5.04. The van der Waals surface area contributed by atoms with Gasteiger partial charge >= 0.3 is 0 Å². The van der Waals surface area contributed by atoms with Gasteiger partial charge in [0, 0.05) is 5.54 Å². The molecule has 0 spiro atoms. The molecule has 1 aliphatic heterocycles. The number of hydrogen-bond acceptors (Lipinski definition) is 1. The molecule has 0 radical (unpaired) electrons. The SMILES string of the molecule is C=CC(C)(CCC=C(C)C)N1CCCCC1. The maximum absolute atomic E-state index is 4.04. The Bertz CT molecular complexity index is 244. The lowest BCUT2D eigenvalue weighted by Gasteiger charge is -2.41. The van der Waals surface area contributed by atoms with Crippen LogP contribution in [0.2, 0.25) is 0 Å². The summed E-state index contributed by atoms with van der Waals surface area (Å²) >= 11 is 0. The standard InChI is InChI=1S/C15H27N/c1-5-15(4,11-9-10-14(2)3)16-12-7-6-8-13-16/h5,10H,1,6-9,11-13H2,2-4H3. The largest absolute Gasteiger partial charge is 0.294 e. The van der Waals surface area contributed by atoms with E-state index in [4.69, 9.17) is 0 Å². The lowest BCUT2D eigenvalue weighted by molar-refractivity contribution is 0.112. The van der Waals surface area contributed by atoms with Crippen LogP contribution in [0.15, 0.2) is 24.3 Å². The van der Waals surface area contributed by atoms with Crippen LogP contribution in [-0.4, -0.2) is 23.5 Å². The monoisotopic (exact) mass is 221 g/mol. The Morgan fingerprint density at radius 1 is 1.25 bits per heavy atom. The van der Waals surface area contributed by atoms with Gasteiger partial charge in [-0.3, -0.25) is 4.90 Å². The predicted octanol–water partition coefficient (Wildman–Crippen LogP) is 4.16. The molecular weight excluding hydrogens is 194 g/mol. The van der Waals surface area contributed by atoms with Gasteiger partial charge in [-0.05, 0) is 59.5 Å². The van der Waals surface area contributed by atoms with E-state index in [2.05, 4.69) is 44.4 Å². The second kappa shape index (κ2) is 6.24. The average molecular weight is 221 g/mol. The van der Waals surface area contributed by atoms with Gasteiger partial charge in [-0.1, -0.05) is 24.1 Å². The topological polar surface area (TPSA) is 3.24 Å². The van der Waals surface area contributed by atoms with Crippen LogP contribution in [0.3, 0.4) is 0 Å². The average Bonchev–Trinajstić information content (AvgIpc) is 2.29. The van der Waals surface area contributed by atoms with Crippen LogP contribution in [0.1, 0.15) is 52.9 Å². The van der Waals surface area contributed by atoms with E-state index in [1.54, 1.807) is 0 Å². The fraction of sp³-hybridized carbons (Fsp3) is 0.733. The third kappa shape index (κ3) is 3.79. The molecule has 1 rings (SSSR count). The van der Waals surface area contributed by atoms with Gasteiger partial charge in [-0.25, -0.2) is 0 Å². The zero-order valence-corrected chi connectivity index (χ0v) is 11.3. The molecule has 1 nitrogen and oxygen atoms in total. The zero-order chi connectivity index (χ0) is 12.0. The molecule has 1 aliphatic rings. The van der Waals surface area contributed by atoms with Crippen molar-refractivity contribution in [3.63, 3.8) is 0 Å². The molecular formula is C15H27N. The first-order valence-electron chi connectivity index (χ1n) is 6.60. The Balaban J connectivity index is 2.53. The molecule has 0 aromatic rings. The summed E-state index contributed by atoms with van der Waals surface area (Å²) in [5, 5.41) is 0. The Labute approximate surface area is 101 Å². The van der Waals surface area contributed by atoms with Gasteiger partial charge in [-0.15, -0.1) is 6.58 Å². The van der Waals surface area contributed by atoms with Crippen molar-refractivity contribution in [3.05, 3.63) is 24.3 Å². The van der Waals surface area contributed by atoms with E-state index >= 15 is 0 Å². The minimum absolute atomic E-state index is 0.201. The van der Waals surface area contributed by atoms with E-state index in [1.807, 2.05) is 0 Å². The van der Waals surface area contributed by atoms with Crippen LogP contribution in [-0.2, 0) is 0 Å². The Morgan fingerprint density at radius 2 is 1.88 bits per heavy atom. The highest BCUT2D eigenvalue weighted by Crippen LogP contribution is 2.26. The second-order valence-electron chi connectivity index (χ2n) is 5.43. The maximum Gasteiger partial charge on any atom is 0.0363 e. The summed E-state index contributed by atoms with van der Waals surface area (Å²) in [6.07, 6.45) is 11.0. The number of rotatable bonds is 5. The highest BCUT2D eigenvalue weighted by atomic mass is 15.2. The molecule has 0 bridgehead atoms. The van der Waals surface area contributed by atoms with Gasteiger partial charge in [0.15, 0.2) is 0 Å². The van der Waals surface area contributed by atoms with E-state index in [0.717, 1.165) is 0 Å². The molecule has 1 heteroatoms. The third-order valence-corrected chi connectivity index (χ3v) is 3.72. The van der Waals surface area contributed by atoms with Crippen molar-refractivity contribution in [2.45, 2.75) is 58.4 Å². The van der Waals surface area contributed by atoms with Gasteiger partial charge in [0.1, 0.15) is 0 Å². The first kappa shape index (κ1) is 13.5. The molecule has 1 atom stereocenters. The van der Waals surface area contributed by atoms with E-state index in [9.17, 15) is 0 Å².